The summed E-state index contributed by atoms with van der Waals surface area (Å²) < 4.78 is 0. The molecule has 1 atom stereocenters. The summed E-state index contributed by atoms with van der Waals surface area (Å²) in [5, 5.41) is 12.6. The highest BCUT2D eigenvalue weighted by Gasteiger charge is 2.41. The summed E-state index contributed by atoms with van der Waals surface area (Å²) >= 11 is 0. The first kappa shape index (κ1) is 10.5. The first-order valence-corrected chi connectivity index (χ1v) is 5.95. The van der Waals surface area contributed by atoms with Gasteiger partial charge in [0.2, 0.25) is 0 Å². The van der Waals surface area contributed by atoms with Crippen molar-refractivity contribution in [3.05, 3.63) is 48.0 Å². The molecule has 0 heterocycles. The average molecular weight is 226 g/mol. The Morgan fingerprint density at radius 1 is 1.06 bits per heavy atom. The summed E-state index contributed by atoms with van der Waals surface area (Å²) in [4.78, 5) is 11.8. The molecule has 0 unspecified atom stereocenters. The van der Waals surface area contributed by atoms with Crippen molar-refractivity contribution >= 4 is 16.6 Å². The van der Waals surface area contributed by atoms with Crippen molar-refractivity contribution in [2.24, 2.45) is 0 Å². The van der Waals surface area contributed by atoms with E-state index in [1.54, 1.807) is 0 Å². The van der Waals surface area contributed by atoms with E-state index in [0.717, 1.165) is 22.8 Å². The van der Waals surface area contributed by atoms with Crippen LogP contribution in [0.15, 0.2) is 42.5 Å². The van der Waals surface area contributed by atoms with E-state index in [0.29, 0.717) is 12.8 Å². The van der Waals surface area contributed by atoms with Crippen LogP contribution in [0.1, 0.15) is 24.8 Å². The number of hydrogen-bond acceptors (Lipinski definition) is 2. The molecule has 2 nitrogen and oxygen atoms in total. The van der Waals surface area contributed by atoms with E-state index in [1.165, 1.54) is 0 Å². The maximum Gasteiger partial charge on any atom is 0.168 e. The largest absolute Gasteiger partial charge is 0.377 e. The lowest BCUT2D eigenvalue weighted by Crippen LogP contribution is -2.30. The van der Waals surface area contributed by atoms with Gasteiger partial charge >= 0.3 is 0 Å². The maximum absolute atomic E-state index is 11.8. The van der Waals surface area contributed by atoms with Crippen LogP contribution < -0.4 is 0 Å². The Morgan fingerprint density at radius 3 is 2.53 bits per heavy atom. The number of benzene rings is 2. The zero-order valence-corrected chi connectivity index (χ0v) is 9.52. The smallest absolute Gasteiger partial charge is 0.168 e. The lowest BCUT2D eigenvalue weighted by molar-refractivity contribution is -0.134. The summed E-state index contributed by atoms with van der Waals surface area (Å²) in [5.74, 6) is -0.0484. The summed E-state index contributed by atoms with van der Waals surface area (Å²) in [7, 11) is 0. The molecule has 2 aromatic carbocycles. The predicted octanol–water partition coefficient (Wildman–Crippen LogP) is 2.78. The topological polar surface area (TPSA) is 37.3 Å². The zero-order chi connectivity index (χ0) is 11.9. The normalized spacial score (nSPS) is 24.4. The second-order valence-electron chi connectivity index (χ2n) is 4.70. The Kier molecular flexibility index (Phi) is 2.26. The van der Waals surface area contributed by atoms with Crippen LogP contribution in [0.25, 0.3) is 10.8 Å². The molecule has 0 saturated heterocycles. The van der Waals surface area contributed by atoms with Crippen LogP contribution in [0.5, 0.6) is 0 Å². The minimum atomic E-state index is -1.25. The molecular weight excluding hydrogens is 212 g/mol. The molecule has 17 heavy (non-hydrogen) atoms. The molecular formula is C15H14O2. The third-order valence-electron chi connectivity index (χ3n) is 3.63. The summed E-state index contributed by atoms with van der Waals surface area (Å²) in [6.07, 6.45) is 1.82. The minimum absolute atomic E-state index is 0.0484. The molecule has 2 heteroatoms. The highest BCUT2D eigenvalue weighted by molar-refractivity contribution is 5.92. The summed E-state index contributed by atoms with van der Waals surface area (Å²) in [6.45, 7) is 0. The van der Waals surface area contributed by atoms with Crippen LogP contribution in [-0.2, 0) is 10.4 Å². The number of Topliss-reactive ketones (excluding diaryl/α,β-unsaturated/α-hetero) is 1. The number of rotatable bonds is 1. The molecule has 1 fully saturated rings. The summed E-state index contributed by atoms with van der Waals surface area (Å²) in [6, 6.07) is 13.7. The number of ketones is 1. The Balaban J connectivity index is 2.15. The van der Waals surface area contributed by atoms with Crippen LogP contribution in [0, 0.1) is 0 Å². The summed E-state index contributed by atoms with van der Waals surface area (Å²) in [5.41, 5.74) is -0.511. The van der Waals surface area contributed by atoms with Crippen molar-refractivity contribution in [3.8, 4) is 0 Å². The average Bonchev–Trinajstić information content (AvgIpc) is 2.70. The highest BCUT2D eigenvalue weighted by Crippen LogP contribution is 2.36. The van der Waals surface area contributed by atoms with Crippen molar-refractivity contribution in [3.63, 3.8) is 0 Å². The van der Waals surface area contributed by atoms with Gasteiger partial charge in [-0.3, -0.25) is 4.79 Å². The van der Waals surface area contributed by atoms with Gasteiger partial charge in [-0.05, 0) is 35.2 Å². The number of aliphatic hydroxyl groups is 1. The van der Waals surface area contributed by atoms with Crippen LogP contribution in [0.3, 0.4) is 0 Å². The van der Waals surface area contributed by atoms with Gasteiger partial charge < -0.3 is 5.11 Å². The van der Waals surface area contributed by atoms with E-state index >= 15 is 0 Å². The number of carbonyl (C=O) groups excluding carboxylic acids is 1. The van der Waals surface area contributed by atoms with Crippen LogP contribution in [0.4, 0.5) is 0 Å². The first-order chi connectivity index (χ1) is 8.20. The number of hydrogen-bond donors (Lipinski definition) is 1. The Labute approximate surface area is 99.9 Å². The van der Waals surface area contributed by atoms with E-state index in [1.807, 2.05) is 42.5 Å². The zero-order valence-electron chi connectivity index (χ0n) is 9.52. The van der Waals surface area contributed by atoms with Gasteiger partial charge in [0.05, 0.1) is 0 Å². The van der Waals surface area contributed by atoms with Gasteiger partial charge in [0.15, 0.2) is 5.78 Å². The Hall–Kier alpha value is -1.67. The molecule has 1 saturated carbocycles. The molecule has 0 bridgehead atoms. The standard InChI is InChI=1S/C15H14O2/c16-14-6-3-9-15(14,17)13-8-7-11-4-1-2-5-12(11)10-13/h1-2,4-5,7-8,10,17H,3,6,9H2/t15-/m0/s1. The Morgan fingerprint density at radius 2 is 1.82 bits per heavy atom. The van der Waals surface area contributed by atoms with Gasteiger partial charge in [-0.15, -0.1) is 0 Å². The van der Waals surface area contributed by atoms with Gasteiger partial charge in [-0.25, -0.2) is 0 Å². The lowest BCUT2D eigenvalue weighted by atomic mass is 9.90. The van der Waals surface area contributed by atoms with E-state index in [4.69, 9.17) is 0 Å². The molecule has 0 amide bonds. The van der Waals surface area contributed by atoms with Crippen LogP contribution >= 0.6 is 0 Å². The van der Waals surface area contributed by atoms with Crippen molar-refractivity contribution in [1.82, 2.24) is 0 Å². The third kappa shape index (κ3) is 1.56. The van der Waals surface area contributed by atoms with Crippen molar-refractivity contribution in [2.75, 3.05) is 0 Å². The molecule has 0 spiro atoms. The Bertz CT molecular complexity index is 588. The quantitative estimate of drug-likeness (QED) is 0.811. The van der Waals surface area contributed by atoms with Crippen molar-refractivity contribution in [1.29, 1.82) is 0 Å². The second-order valence-corrected chi connectivity index (χ2v) is 4.70. The number of carbonyl (C=O) groups is 1. The predicted molar refractivity (Wildman–Crippen MR) is 66.7 cm³/mol. The second kappa shape index (κ2) is 3.67. The number of fused-ring (bicyclic) bond motifs is 1. The van der Waals surface area contributed by atoms with Gasteiger partial charge in [0.1, 0.15) is 5.60 Å². The molecule has 3 rings (SSSR count). The first-order valence-electron chi connectivity index (χ1n) is 5.95. The van der Waals surface area contributed by atoms with E-state index in [-0.39, 0.29) is 5.78 Å². The van der Waals surface area contributed by atoms with E-state index < -0.39 is 5.60 Å². The molecule has 1 aliphatic carbocycles. The fraction of sp³-hybridized carbons (Fsp3) is 0.267. The van der Waals surface area contributed by atoms with E-state index in [9.17, 15) is 9.90 Å². The fourth-order valence-corrected chi connectivity index (χ4v) is 2.60. The molecule has 86 valence electrons. The van der Waals surface area contributed by atoms with Gasteiger partial charge in [0.25, 0.3) is 0 Å². The van der Waals surface area contributed by atoms with Gasteiger partial charge in [-0.1, -0.05) is 36.4 Å². The molecule has 0 radical (unpaired) electrons. The SMILES string of the molecule is O=C1CCC[C@]1(O)c1ccc2ccccc2c1. The maximum atomic E-state index is 11.8. The lowest BCUT2D eigenvalue weighted by Gasteiger charge is -2.21. The molecule has 0 aliphatic heterocycles. The van der Waals surface area contributed by atoms with Crippen LogP contribution in [0.2, 0.25) is 0 Å². The highest BCUT2D eigenvalue weighted by atomic mass is 16.3. The monoisotopic (exact) mass is 226 g/mol. The van der Waals surface area contributed by atoms with Gasteiger partial charge in [-0.2, -0.15) is 0 Å². The van der Waals surface area contributed by atoms with Crippen molar-refractivity contribution < 1.29 is 9.90 Å². The van der Waals surface area contributed by atoms with Crippen LogP contribution in [-0.4, -0.2) is 10.9 Å². The molecule has 2 aromatic rings. The van der Waals surface area contributed by atoms with E-state index in [2.05, 4.69) is 0 Å². The molecule has 1 aliphatic rings. The fourth-order valence-electron chi connectivity index (χ4n) is 2.60. The van der Waals surface area contributed by atoms with Gasteiger partial charge in [0, 0.05) is 6.42 Å². The minimum Gasteiger partial charge on any atom is -0.377 e. The molecule has 1 N–H and O–H groups in total. The third-order valence-corrected chi connectivity index (χ3v) is 3.63. The molecule has 0 aromatic heterocycles. The van der Waals surface area contributed by atoms with Crippen molar-refractivity contribution in [2.45, 2.75) is 24.9 Å².